The van der Waals surface area contributed by atoms with Gasteiger partial charge in [-0.2, -0.15) is 13.2 Å². The number of hydrogen-bond acceptors (Lipinski definition) is 5. The maximum absolute atomic E-state index is 12.5. The van der Waals surface area contributed by atoms with Crippen molar-refractivity contribution in [3.63, 3.8) is 0 Å². The number of nitrogens with one attached hydrogen (secondary N) is 1. The van der Waals surface area contributed by atoms with Crippen molar-refractivity contribution < 1.29 is 22.5 Å². The van der Waals surface area contributed by atoms with Gasteiger partial charge >= 0.3 is 13.3 Å². The second kappa shape index (κ2) is 6.46. The maximum Gasteiger partial charge on any atom is 0.491 e. The van der Waals surface area contributed by atoms with Crippen LogP contribution >= 0.6 is 0 Å². The van der Waals surface area contributed by atoms with Crippen LogP contribution in [0.1, 0.15) is 39.1 Å². The Morgan fingerprint density at radius 3 is 2.08 bits per heavy atom. The standard InChI is InChI=1S/C15H21BF3N3O2/c1-13(2)14(3,4)24-16(23-13)11(9-20-5)6-10-7-21-12(22-8-10)15(17,18)19/h6-8,20H,9H2,1-5H3. The molecular weight excluding hydrogens is 322 g/mol. The molecule has 2 heterocycles. The Bertz CT molecular complexity index is 599. The molecule has 1 aromatic rings. The molecule has 132 valence electrons. The highest BCUT2D eigenvalue weighted by atomic mass is 19.4. The monoisotopic (exact) mass is 343 g/mol. The SMILES string of the molecule is CNCC(=Cc1cnc(C(F)(F)F)nc1)B1OC(C)(C)C(C)(C)O1. The Hall–Kier alpha value is -1.45. The summed E-state index contributed by atoms with van der Waals surface area (Å²) in [6.07, 6.45) is -0.603. The van der Waals surface area contributed by atoms with Gasteiger partial charge < -0.3 is 14.6 Å². The topological polar surface area (TPSA) is 56.3 Å². The van der Waals surface area contributed by atoms with Crippen LogP contribution < -0.4 is 5.32 Å². The van der Waals surface area contributed by atoms with Crippen LogP contribution in [-0.2, 0) is 15.5 Å². The lowest BCUT2D eigenvalue weighted by atomic mass is 9.77. The highest BCUT2D eigenvalue weighted by Crippen LogP contribution is 2.38. The quantitative estimate of drug-likeness (QED) is 0.852. The summed E-state index contributed by atoms with van der Waals surface area (Å²) in [7, 11) is 1.17. The molecule has 1 N–H and O–H groups in total. The molecule has 0 bridgehead atoms. The van der Waals surface area contributed by atoms with Crippen molar-refractivity contribution in [2.75, 3.05) is 13.6 Å². The minimum Gasteiger partial charge on any atom is -0.400 e. The second-order valence-electron chi connectivity index (χ2n) is 6.68. The van der Waals surface area contributed by atoms with E-state index >= 15 is 0 Å². The van der Waals surface area contributed by atoms with E-state index in [-0.39, 0.29) is 0 Å². The minimum absolute atomic E-state index is 0.447. The highest BCUT2D eigenvalue weighted by Gasteiger charge is 2.52. The molecule has 0 unspecified atom stereocenters. The van der Waals surface area contributed by atoms with Gasteiger partial charge in [-0.25, -0.2) is 9.97 Å². The van der Waals surface area contributed by atoms with Gasteiger partial charge in [-0.05, 0) is 40.2 Å². The number of alkyl halides is 3. The molecule has 2 rings (SSSR count). The van der Waals surface area contributed by atoms with Gasteiger partial charge in [0.2, 0.25) is 5.82 Å². The van der Waals surface area contributed by atoms with Gasteiger partial charge in [0, 0.05) is 24.5 Å². The summed E-state index contributed by atoms with van der Waals surface area (Å²) in [4.78, 5) is 6.73. The smallest absolute Gasteiger partial charge is 0.400 e. The molecule has 0 spiro atoms. The predicted octanol–water partition coefficient (Wildman–Crippen LogP) is 2.73. The molecule has 0 aliphatic carbocycles. The lowest BCUT2D eigenvalue weighted by Gasteiger charge is -2.32. The van der Waals surface area contributed by atoms with E-state index in [2.05, 4.69) is 15.3 Å². The summed E-state index contributed by atoms with van der Waals surface area (Å²) in [5.41, 5.74) is 0.199. The maximum atomic E-state index is 12.5. The zero-order chi connectivity index (χ0) is 18.2. The molecule has 0 amide bonds. The highest BCUT2D eigenvalue weighted by molar-refractivity contribution is 6.55. The third-order valence-corrected chi connectivity index (χ3v) is 4.21. The van der Waals surface area contributed by atoms with Crippen LogP contribution in [0, 0.1) is 0 Å². The van der Waals surface area contributed by atoms with Crippen LogP contribution in [0.2, 0.25) is 0 Å². The van der Waals surface area contributed by atoms with E-state index in [1.54, 1.807) is 13.1 Å². The lowest BCUT2D eigenvalue weighted by molar-refractivity contribution is -0.145. The van der Waals surface area contributed by atoms with Crippen LogP contribution in [-0.4, -0.2) is 41.9 Å². The number of rotatable bonds is 4. The third-order valence-electron chi connectivity index (χ3n) is 4.21. The summed E-state index contributed by atoms with van der Waals surface area (Å²) in [6.45, 7) is 8.20. The van der Waals surface area contributed by atoms with Crippen molar-refractivity contribution in [2.24, 2.45) is 0 Å². The van der Waals surface area contributed by atoms with E-state index in [0.29, 0.717) is 12.1 Å². The van der Waals surface area contributed by atoms with E-state index in [0.717, 1.165) is 17.9 Å². The minimum atomic E-state index is -4.55. The Morgan fingerprint density at radius 1 is 1.17 bits per heavy atom. The molecule has 0 aromatic carbocycles. The van der Waals surface area contributed by atoms with Crippen LogP contribution in [0.5, 0.6) is 0 Å². The van der Waals surface area contributed by atoms with E-state index in [9.17, 15) is 13.2 Å². The van der Waals surface area contributed by atoms with E-state index in [1.165, 1.54) is 0 Å². The summed E-state index contributed by atoms with van der Waals surface area (Å²) in [5.74, 6) is -1.16. The number of nitrogens with zero attached hydrogens (tertiary/aromatic N) is 2. The van der Waals surface area contributed by atoms with Crippen LogP contribution in [0.4, 0.5) is 13.2 Å². The summed E-state index contributed by atoms with van der Waals surface area (Å²) in [5, 5.41) is 3.01. The Morgan fingerprint density at radius 2 is 1.67 bits per heavy atom. The average Bonchev–Trinajstić information content (AvgIpc) is 2.66. The van der Waals surface area contributed by atoms with Gasteiger partial charge in [-0.1, -0.05) is 6.08 Å². The Kier molecular flexibility index (Phi) is 5.08. The van der Waals surface area contributed by atoms with Gasteiger partial charge in [-0.15, -0.1) is 0 Å². The molecule has 1 aliphatic rings. The predicted molar refractivity (Wildman–Crippen MR) is 85.0 cm³/mol. The van der Waals surface area contributed by atoms with Crippen molar-refractivity contribution in [3.8, 4) is 0 Å². The molecular formula is C15H21BF3N3O2. The van der Waals surface area contributed by atoms with Crippen molar-refractivity contribution in [3.05, 3.63) is 29.3 Å². The first kappa shape index (κ1) is 18.9. The molecule has 5 nitrogen and oxygen atoms in total. The van der Waals surface area contributed by atoms with Crippen LogP contribution in [0.15, 0.2) is 17.9 Å². The van der Waals surface area contributed by atoms with Crippen LogP contribution in [0.25, 0.3) is 6.08 Å². The van der Waals surface area contributed by atoms with E-state index in [1.807, 2.05) is 27.7 Å². The zero-order valence-corrected chi connectivity index (χ0v) is 14.4. The average molecular weight is 343 g/mol. The van der Waals surface area contributed by atoms with Gasteiger partial charge in [0.15, 0.2) is 0 Å². The fourth-order valence-corrected chi connectivity index (χ4v) is 2.17. The van der Waals surface area contributed by atoms with E-state index < -0.39 is 30.3 Å². The van der Waals surface area contributed by atoms with E-state index in [4.69, 9.17) is 9.31 Å². The van der Waals surface area contributed by atoms with Crippen LogP contribution in [0.3, 0.4) is 0 Å². The fraction of sp³-hybridized carbons (Fsp3) is 0.600. The molecule has 0 radical (unpaired) electrons. The van der Waals surface area contributed by atoms with Gasteiger partial charge in [0.05, 0.1) is 11.2 Å². The Labute approximate surface area is 139 Å². The Balaban J connectivity index is 2.26. The van der Waals surface area contributed by atoms with Gasteiger partial charge in [0.25, 0.3) is 0 Å². The molecule has 1 saturated heterocycles. The first-order valence-electron chi connectivity index (χ1n) is 7.56. The molecule has 1 aliphatic heterocycles. The fourth-order valence-electron chi connectivity index (χ4n) is 2.17. The molecule has 1 aromatic heterocycles. The summed E-state index contributed by atoms with van der Waals surface area (Å²) >= 11 is 0. The molecule has 24 heavy (non-hydrogen) atoms. The molecule has 0 atom stereocenters. The third kappa shape index (κ3) is 3.96. The largest absolute Gasteiger partial charge is 0.491 e. The number of hydrogen-bond donors (Lipinski definition) is 1. The van der Waals surface area contributed by atoms with Crippen molar-refractivity contribution in [1.82, 2.24) is 15.3 Å². The summed E-state index contributed by atoms with van der Waals surface area (Å²) in [6, 6.07) is 0. The zero-order valence-electron chi connectivity index (χ0n) is 14.4. The number of aromatic nitrogens is 2. The molecule has 1 fully saturated rings. The molecule has 0 saturated carbocycles. The van der Waals surface area contributed by atoms with Gasteiger partial charge in [0.1, 0.15) is 0 Å². The first-order valence-corrected chi connectivity index (χ1v) is 7.56. The van der Waals surface area contributed by atoms with Crippen molar-refractivity contribution in [2.45, 2.75) is 45.1 Å². The number of likely N-dealkylation sites (N-methyl/N-ethyl adjacent to an activating group) is 1. The lowest BCUT2D eigenvalue weighted by Crippen LogP contribution is -2.41. The second-order valence-corrected chi connectivity index (χ2v) is 6.68. The first-order chi connectivity index (χ1) is 11.0. The summed E-state index contributed by atoms with van der Waals surface area (Å²) < 4.78 is 49.5. The van der Waals surface area contributed by atoms with Crippen molar-refractivity contribution >= 4 is 13.2 Å². The molecule has 9 heteroatoms. The van der Waals surface area contributed by atoms with Crippen molar-refractivity contribution in [1.29, 1.82) is 0 Å². The normalized spacial score (nSPS) is 20.5. The number of halogens is 3. The van der Waals surface area contributed by atoms with Gasteiger partial charge in [-0.3, -0.25) is 0 Å².